The van der Waals surface area contributed by atoms with Crippen LogP contribution in [0.2, 0.25) is 0 Å². The minimum atomic E-state index is -0.191. The minimum Gasteiger partial charge on any atom is -0.358 e. The van der Waals surface area contributed by atoms with Crippen LogP contribution in [0.4, 0.5) is 4.39 Å². The van der Waals surface area contributed by atoms with E-state index in [1.54, 1.807) is 0 Å². The quantitative estimate of drug-likeness (QED) is 0.614. The Labute approximate surface area is 70.2 Å². The molecular weight excluding hydrogens is 153 g/mol. The predicted octanol–water partition coefficient (Wildman–Crippen LogP) is 2.92. The van der Waals surface area contributed by atoms with Gasteiger partial charge in [-0.3, -0.25) is 0 Å². The lowest BCUT2D eigenvalue weighted by Crippen LogP contribution is -1.72. The Morgan fingerprint density at radius 2 is 2.00 bits per heavy atom. The van der Waals surface area contributed by atoms with Crippen molar-refractivity contribution in [3.8, 4) is 0 Å². The van der Waals surface area contributed by atoms with Gasteiger partial charge in [-0.2, -0.15) is 0 Å². The molecule has 62 valence electrons. The molecule has 0 saturated heterocycles. The standard InChI is InChI=1S/C10H10FN/c1-6-7(2)12-10-5-8(11)3-4-9(6)10/h3-5,12H,1-2H3. The summed E-state index contributed by atoms with van der Waals surface area (Å²) in [5.74, 6) is -0.191. The molecule has 0 fully saturated rings. The molecule has 0 aliphatic carbocycles. The Balaban J connectivity index is 2.87. The van der Waals surface area contributed by atoms with Crippen LogP contribution in [0.25, 0.3) is 10.9 Å². The van der Waals surface area contributed by atoms with E-state index in [0.717, 1.165) is 16.6 Å². The average molecular weight is 163 g/mol. The second kappa shape index (κ2) is 2.34. The molecular formula is C10H10FN. The zero-order valence-corrected chi connectivity index (χ0v) is 7.11. The molecule has 0 amide bonds. The van der Waals surface area contributed by atoms with Crippen molar-refractivity contribution in [2.24, 2.45) is 0 Å². The SMILES string of the molecule is Cc1[nH]c2cc(F)ccc2c1C. The van der Waals surface area contributed by atoms with E-state index in [-0.39, 0.29) is 5.82 Å². The summed E-state index contributed by atoms with van der Waals surface area (Å²) in [5, 5.41) is 1.11. The van der Waals surface area contributed by atoms with Crippen LogP contribution in [0.15, 0.2) is 18.2 Å². The number of fused-ring (bicyclic) bond motifs is 1. The molecule has 0 bridgehead atoms. The van der Waals surface area contributed by atoms with Gasteiger partial charge in [0.1, 0.15) is 5.82 Å². The maximum absolute atomic E-state index is 12.8. The lowest BCUT2D eigenvalue weighted by atomic mass is 10.1. The summed E-state index contributed by atoms with van der Waals surface area (Å²) in [5.41, 5.74) is 3.19. The van der Waals surface area contributed by atoms with E-state index in [0.29, 0.717) is 0 Å². The smallest absolute Gasteiger partial charge is 0.125 e. The van der Waals surface area contributed by atoms with Crippen molar-refractivity contribution >= 4 is 10.9 Å². The summed E-state index contributed by atoms with van der Waals surface area (Å²) in [4.78, 5) is 3.13. The van der Waals surface area contributed by atoms with E-state index in [2.05, 4.69) is 4.98 Å². The van der Waals surface area contributed by atoms with Crippen molar-refractivity contribution in [2.45, 2.75) is 13.8 Å². The topological polar surface area (TPSA) is 15.8 Å². The van der Waals surface area contributed by atoms with Crippen molar-refractivity contribution in [3.05, 3.63) is 35.3 Å². The molecule has 0 spiro atoms. The van der Waals surface area contributed by atoms with E-state index >= 15 is 0 Å². The van der Waals surface area contributed by atoms with Gasteiger partial charge in [0.25, 0.3) is 0 Å². The summed E-state index contributed by atoms with van der Waals surface area (Å²) in [6.07, 6.45) is 0. The van der Waals surface area contributed by atoms with Crippen molar-refractivity contribution in [1.82, 2.24) is 4.98 Å². The monoisotopic (exact) mass is 163 g/mol. The van der Waals surface area contributed by atoms with Crippen molar-refractivity contribution in [1.29, 1.82) is 0 Å². The molecule has 2 rings (SSSR count). The van der Waals surface area contributed by atoms with Crippen LogP contribution in [0.3, 0.4) is 0 Å². The first-order valence-corrected chi connectivity index (χ1v) is 3.93. The molecule has 0 aliphatic heterocycles. The number of nitrogens with one attached hydrogen (secondary N) is 1. The number of H-pyrrole nitrogens is 1. The molecule has 12 heavy (non-hydrogen) atoms. The van der Waals surface area contributed by atoms with Crippen LogP contribution in [-0.4, -0.2) is 4.98 Å². The van der Waals surface area contributed by atoms with Gasteiger partial charge < -0.3 is 4.98 Å². The average Bonchev–Trinajstić information content (AvgIpc) is 2.28. The van der Waals surface area contributed by atoms with Crippen molar-refractivity contribution in [3.63, 3.8) is 0 Å². The third kappa shape index (κ3) is 0.916. The Kier molecular flexibility index (Phi) is 1.43. The van der Waals surface area contributed by atoms with Crippen LogP contribution >= 0.6 is 0 Å². The summed E-state index contributed by atoms with van der Waals surface area (Å²) < 4.78 is 12.8. The Hall–Kier alpha value is -1.31. The fraction of sp³-hybridized carbons (Fsp3) is 0.200. The van der Waals surface area contributed by atoms with E-state index < -0.39 is 0 Å². The molecule has 1 aromatic heterocycles. The molecule has 1 aromatic carbocycles. The highest BCUT2D eigenvalue weighted by atomic mass is 19.1. The molecule has 0 saturated carbocycles. The van der Waals surface area contributed by atoms with Gasteiger partial charge in [-0.1, -0.05) is 0 Å². The number of benzene rings is 1. The number of hydrogen-bond donors (Lipinski definition) is 1. The maximum atomic E-state index is 12.8. The van der Waals surface area contributed by atoms with Gasteiger partial charge in [0.05, 0.1) is 0 Å². The first-order valence-electron chi connectivity index (χ1n) is 3.93. The van der Waals surface area contributed by atoms with Crippen LogP contribution in [-0.2, 0) is 0 Å². The van der Waals surface area contributed by atoms with Gasteiger partial charge in [-0.15, -0.1) is 0 Å². The van der Waals surface area contributed by atoms with Gasteiger partial charge in [-0.05, 0) is 37.6 Å². The normalized spacial score (nSPS) is 10.9. The van der Waals surface area contributed by atoms with Gasteiger partial charge >= 0.3 is 0 Å². The molecule has 1 nitrogen and oxygen atoms in total. The zero-order chi connectivity index (χ0) is 8.72. The molecule has 1 heterocycles. The molecule has 0 aliphatic rings. The number of hydrogen-bond acceptors (Lipinski definition) is 0. The highest BCUT2D eigenvalue weighted by Crippen LogP contribution is 2.21. The highest BCUT2D eigenvalue weighted by molar-refractivity contribution is 5.84. The molecule has 1 N–H and O–H groups in total. The van der Waals surface area contributed by atoms with Crippen LogP contribution in [0, 0.1) is 19.7 Å². The summed E-state index contributed by atoms with van der Waals surface area (Å²) in [6, 6.07) is 4.82. The number of aromatic amines is 1. The molecule has 0 radical (unpaired) electrons. The van der Waals surface area contributed by atoms with Gasteiger partial charge in [0.2, 0.25) is 0 Å². The Morgan fingerprint density at radius 1 is 1.25 bits per heavy atom. The van der Waals surface area contributed by atoms with E-state index in [4.69, 9.17) is 0 Å². The molecule has 2 aromatic rings. The highest BCUT2D eigenvalue weighted by Gasteiger charge is 2.03. The molecule has 0 unspecified atom stereocenters. The molecule has 2 heteroatoms. The number of halogens is 1. The minimum absolute atomic E-state index is 0.191. The second-order valence-electron chi connectivity index (χ2n) is 3.06. The van der Waals surface area contributed by atoms with E-state index in [1.807, 2.05) is 19.9 Å². The van der Waals surface area contributed by atoms with E-state index in [1.165, 1.54) is 17.7 Å². The maximum Gasteiger partial charge on any atom is 0.125 e. The third-order valence-electron chi connectivity index (χ3n) is 2.27. The third-order valence-corrected chi connectivity index (χ3v) is 2.27. The lowest BCUT2D eigenvalue weighted by molar-refractivity contribution is 0.629. The second-order valence-corrected chi connectivity index (χ2v) is 3.06. The van der Waals surface area contributed by atoms with Crippen LogP contribution in [0.1, 0.15) is 11.3 Å². The number of rotatable bonds is 0. The number of aryl methyl sites for hydroxylation is 2. The predicted molar refractivity (Wildman–Crippen MR) is 47.7 cm³/mol. The zero-order valence-electron chi connectivity index (χ0n) is 7.11. The fourth-order valence-corrected chi connectivity index (χ4v) is 1.44. The van der Waals surface area contributed by atoms with Crippen molar-refractivity contribution in [2.75, 3.05) is 0 Å². The van der Waals surface area contributed by atoms with Gasteiger partial charge in [0.15, 0.2) is 0 Å². The largest absolute Gasteiger partial charge is 0.358 e. The summed E-state index contributed by atoms with van der Waals surface area (Å²) in [6.45, 7) is 4.03. The lowest BCUT2D eigenvalue weighted by Gasteiger charge is -1.90. The number of aromatic nitrogens is 1. The van der Waals surface area contributed by atoms with Crippen LogP contribution < -0.4 is 0 Å². The Bertz CT molecular complexity index is 429. The van der Waals surface area contributed by atoms with E-state index in [9.17, 15) is 4.39 Å². The fourth-order valence-electron chi connectivity index (χ4n) is 1.44. The Morgan fingerprint density at radius 3 is 2.75 bits per heavy atom. The van der Waals surface area contributed by atoms with Crippen LogP contribution in [0.5, 0.6) is 0 Å². The first-order chi connectivity index (χ1) is 5.68. The first kappa shape index (κ1) is 7.35. The summed E-state index contributed by atoms with van der Waals surface area (Å²) in [7, 11) is 0. The van der Waals surface area contributed by atoms with Crippen molar-refractivity contribution < 1.29 is 4.39 Å². The summed E-state index contributed by atoms with van der Waals surface area (Å²) >= 11 is 0. The van der Waals surface area contributed by atoms with Gasteiger partial charge in [0, 0.05) is 16.6 Å². The van der Waals surface area contributed by atoms with Gasteiger partial charge in [-0.25, -0.2) is 4.39 Å². The molecule has 0 atom stereocenters.